The van der Waals surface area contributed by atoms with Crippen LogP contribution in [0.1, 0.15) is 63.3 Å². The zero-order chi connectivity index (χ0) is 18.2. The second kappa shape index (κ2) is 6.83. The summed E-state index contributed by atoms with van der Waals surface area (Å²) in [6.07, 6.45) is 2.54. The molecule has 1 fully saturated rings. The molecule has 1 aromatic rings. The number of benzene rings is 1. The van der Waals surface area contributed by atoms with Crippen LogP contribution < -0.4 is 0 Å². The van der Waals surface area contributed by atoms with E-state index in [1.54, 1.807) is 0 Å². The number of amides is 1. The van der Waals surface area contributed by atoms with Gasteiger partial charge in [-0.25, -0.2) is 4.79 Å². The normalized spacial score (nSPS) is 23.3. The van der Waals surface area contributed by atoms with Gasteiger partial charge in [0.25, 0.3) is 0 Å². The van der Waals surface area contributed by atoms with E-state index in [0.29, 0.717) is 6.61 Å². The van der Waals surface area contributed by atoms with Crippen molar-refractivity contribution >= 4 is 11.7 Å². The monoisotopic (exact) mass is 343 g/mol. The predicted molar refractivity (Wildman–Crippen MR) is 99.5 cm³/mol. The van der Waals surface area contributed by atoms with Gasteiger partial charge in [-0.2, -0.15) is 0 Å². The van der Waals surface area contributed by atoms with Crippen molar-refractivity contribution in [3.63, 3.8) is 0 Å². The molecule has 4 heteroatoms. The number of carbonyl (C=O) groups excluding carboxylic acids is 1. The van der Waals surface area contributed by atoms with Gasteiger partial charge in [0, 0.05) is 6.54 Å². The van der Waals surface area contributed by atoms with Crippen LogP contribution in [-0.4, -0.2) is 35.8 Å². The summed E-state index contributed by atoms with van der Waals surface area (Å²) in [5.74, 6) is 0. The average molecular weight is 343 g/mol. The van der Waals surface area contributed by atoms with Crippen molar-refractivity contribution in [1.29, 1.82) is 0 Å². The van der Waals surface area contributed by atoms with Gasteiger partial charge >= 0.3 is 6.09 Å². The van der Waals surface area contributed by atoms with Crippen molar-refractivity contribution in [2.24, 2.45) is 0 Å². The summed E-state index contributed by atoms with van der Waals surface area (Å²) in [4.78, 5) is 14.5. The van der Waals surface area contributed by atoms with Crippen LogP contribution >= 0.6 is 0 Å². The topological polar surface area (TPSA) is 38.8 Å². The van der Waals surface area contributed by atoms with Crippen molar-refractivity contribution in [3.8, 4) is 0 Å². The fourth-order valence-corrected chi connectivity index (χ4v) is 3.72. The summed E-state index contributed by atoms with van der Waals surface area (Å²) in [5.41, 5.74) is 4.28. The molecule has 3 rings (SSSR count). The summed E-state index contributed by atoms with van der Waals surface area (Å²) in [6.45, 7) is 13.2. The minimum Gasteiger partial charge on any atom is -0.444 e. The maximum atomic E-state index is 12.6. The molecule has 1 amide bonds. The Hall–Kier alpha value is -1.81. The highest BCUT2D eigenvalue weighted by atomic mass is 16.6. The van der Waals surface area contributed by atoms with Crippen molar-refractivity contribution in [2.45, 2.75) is 64.7 Å². The van der Waals surface area contributed by atoms with Gasteiger partial charge in [-0.1, -0.05) is 30.4 Å². The van der Waals surface area contributed by atoms with Crippen LogP contribution in [0.3, 0.4) is 0 Å². The largest absolute Gasteiger partial charge is 0.444 e. The van der Waals surface area contributed by atoms with E-state index in [0.717, 1.165) is 31.4 Å². The molecule has 0 unspecified atom stereocenters. The molecule has 2 heterocycles. The number of nitrogens with zero attached hydrogens (tertiary/aromatic N) is 1. The summed E-state index contributed by atoms with van der Waals surface area (Å²) in [5, 5.41) is 0. The smallest absolute Gasteiger partial charge is 0.410 e. The Kier molecular flexibility index (Phi) is 4.92. The van der Waals surface area contributed by atoms with Crippen LogP contribution in [0.25, 0.3) is 5.57 Å². The number of hydrogen-bond donors (Lipinski definition) is 0. The first kappa shape index (κ1) is 18.0. The van der Waals surface area contributed by atoms with Gasteiger partial charge in [0.05, 0.1) is 12.6 Å². The van der Waals surface area contributed by atoms with E-state index in [1.165, 1.54) is 16.7 Å². The molecule has 0 spiro atoms. The fourth-order valence-electron chi connectivity index (χ4n) is 3.72. The summed E-state index contributed by atoms with van der Waals surface area (Å²) < 4.78 is 11.7. The van der Waals surface area contributed by atoms with Gasteiger partial charge < -0.3 is 14.4 Å². The second-order valence-electron chi connectivity index (χ2n) is 8.12. The lowest BCUT2D eigenvalue weighted by Gasteiger charge is -2.36. The Balaban J connectivity index is 1.85. The maximum absolute atomic E-state index is 12.6. The summed E-state index contributed by atoms with van der Waals surface area (Å²) in [6, 6.07) is 6.52. The average Bonchev–Trinajstić information content (AvgIpc) is 3.01. The molecule has 136 valence electrons. The van der Waals surface area contributed by atoms with Gasteiger partial charge in [-0.3, -0.25) is 0 Å². The standard InChI is InChI=1S/C21H29NO3/c1-14(2)15-8-9-17-16(13-15)10-12-24-19(17)18-7-6-11-22(18)20(23)25-21(3,4)5/h8-9,13,18-19H,1,6-7,10-12H2,2-5H3/t18-,19-/m0/s1. The first-order chi connectivity index (χ1) is 11.8. The Bertz CT molecular complexity index is 674. The van der Waals surface area contributed by atoms with Crippen LogP contribution in [0.2, 0.25) is 0 Å². The Morgan fingerprint density at radius 3 is 2.80 bits per heavy atom. The number of likely N-dealkylation sites (tertiary alicyclic amines) is 1. The molecule has 1 saturated heterocycles. The molecular formula is C21H29NO3. The minimum atomic E-state index is -0.480. The third-order valence-corrected chi connectivity index (χ3v) is 4.89. The first-order valence-electron chi connectivity index (χ1n) is 9.16. The molecule has 0 bridgehead atoms. The van der Waals surface area contributed by atoms with Crippen LogP contribution in [0, 0.1) is 0 Å². The molecule has 0 radical (unpaired) electrons. The Labute approximate surface area is 150 Å². The molecule has 25 heavy (non-hydrogen) atoms. The molecule has 0 N–H and O–H groups in total. The first-order valence-corrected chi connectivity index (χ1v) is 9.16. The molecule has 0 saturated carbocycles. The van der Waals surface area contributed by atoms with Gasteiger partial charge in [0.15, 0.2) is 0 Å². The van der Waals surface area contributed by atoms with Gasteiger partial charge in [0.2, 0.25) is 0 Å². The number of ether oxygens (including phenoxy) is 2. The third-order valence-electron chi connectivity index (χ3n) is 4.89. The third kappa shape index (κ3) is 3.90. The van der Waals surface area contributed by atoms with E-state index in [9.17, 15) is 4.79 Å². The number of carbonyl (C=O) groups is 1. The lowest BCUT2D eigenvalue weighted by atomic mass is 9.90. The zero-order valence-corrected chi connectivity index (χ0v) is 15.8. The summed E-state index contributed by atoms with van der Waals surface area (Å²) in [7, 11) is 0. The SMILES string of the molecule is C=C(C)c1ccc2c(c1)CCO[C@@H]2[C@@H]1CCCN1C(=O)OC(C)(C)C. The van der Waals surface area contributed by atoms with Gasteiger partial charge in [-0.15, -0.1) is 0 Å². The maximum Gasteiger partial charge on any atom is 0.410 e. The summed E-state index contributed by atoms with van der Waals surface area (Å²) >= 11 is 0. The van der Waals surface area contributed by atoms with E-state index in [4.69, 9.17) is 9.47 Å². The van der Waals surface area contributed by atoms with Crippen molar-refractivity contribution in [1.82, 2.24) is 4.90 Å². The van der Waals surface area contributed by atoms with Crippen molar-refractivity contribution < 1.29 is 14.3 Å². The molecule has 0 aromatic heterocycles. The highest BCUT2D eigenvalue weighted by Gasteiger charge is 2.40. The highest BCUT2D eigenvalue weighted by molar-refractivity contribution is 5.69. The van der Waals surface area contributed by atoms with Gasteiger partial charge in [-0.05, 0) is 63.6 Å². The molecule has 4 nitrogen and oxygen atoms in total. The molecule has 2 aliphatic heterocycles. The number of fused-ring (bicyclic) bond motifs is 1. The fraction of sp³-hybridized carbons (Fsp3) is 0.571. The highest BCUT2D eigenvalue weighted by Crippen LogP contribution is 2.38. The van der Waals surface area contributed by atoms with E-state index in [2.05, 4.69) is 24.8 Å². The number of rotatable bonds is 2. The Morgan fingerprint density at radius 1 is 1.36 bits per heavy atom. The van der Waals surface area contributed by atoms with Crippen LogP contribution in [0.15, 0.2) is 24.8 Å². The van der Waals surface area contributed by atoms with E-state index in [-0.39, 0.29) is 18.2 Å². The lowest BCUT2D eigenvalue weighted by molar-refractivity contribution is -0.0265. The number of allylic oxidation sites excluding steroid dienone is 1. The predicted octanol–water partition coefficient (Wildman–Crippen LogP) is 4.73. The van der Waals surface area contributed by atoms with E-state index in [1.807, 2.05) is 32.6 Å². The van der Waals surface area contributed by atoms with Crippen molar-refractivity contribution in [3.05, 3.63) is 41.5 Å². The van der Waals surface area contributed by atoms with Crippen molar-refractivity contribution in [2.75, 3.05) is 13.2 Å². The molecule has 0 aliphatic carbocycles. The molecular weight excluding hydrogens is 314 g/mol. The Morgan fingerprint density at radius 2 is 2.12 bits per heavy atom. The minimum absolute atomic E-state index is 0.0459. The van der Waals surface area contributed by atoms with Crippen LogP contribution in [0.5, 0.6) is 0 Å². The zero-order valence-electron chi connectivity index (χ0n) is 15.8. The van der Waals surface area contributed by atoms with E-state index < -0.39 is 5.60 Å². The molecule has 2 atom stereocenters. The molecule has 1 aromatic carbocycles. The van der Waals surface area contributed by atoms with Crippen LogP contribution in [0.4, 0.5) is 4.79 Å². The molecule has 2 aliphatic rings. The van der Waals surface area contributed by atoms with E-state index >= 15 is 0 Å². The second-order valence-corrected chi connectivity index (χ2v) is 8.12. The quantitative estimate of drug-likeness (QED) is 0.779. The van der Waals surface area contributed by atoms with Gasteiger partial charge in [0.1, 0.15) is 11.7 Å². The number of hydrogen-bond acceptors (Lipinski definition) is 3. The van der Waals surface area contributed by atoms with Crippen LogP contribution in [-0.2, 0) is 15.9 Å². The lowest BCUT2D eigenvalue weighted by Crippen LogP contribution is -2.43.